The van der Waals surface area contributed by atoms with E-state index in [9.17, 15) is 9.90 Å². The Balaban J connectivity index is 2.57. The molecule has 0 aliphatic heterocycles. The number of hydrazine groups is 1. The molecular weight excluding hydrogens is 414 g/mol. The van der Waals surface area contributed by atoms with E-state index in [1.807, 2.05) is 0 Å². The van der Waals surface area contributed by atoms with E-state index in [1.54, 1.807) is 13.2 Å². The Morgan fingerprint density at radius 1 is 1.40 bits per heavy atom. The molecule has 20 heavy (non-hydrogen) atoms. The fourth-order valence-corrected chi connectivity index (χ4v) is 2.61. The second-order valence-electron chi connectivity index (χ2n) is 3.61. The number of hydrogen-bond donors (Lipinski definition) is 4. The predicted molar refractivity (Wildman–Crippen MR) is 86.6 cm³/mol. The van der Waals surface area contributed by atoms with Crippen LogP contribution in [0.4, 0.5) is 0 Å². The van der Waals surface area contributed by atoms with Gasteiger partial charge in [-0.2, -0.15) is 0 Å². The zero-order valence-electron chi connectivity index (χ0n) is 10.5. The normalized spacial score (nSPS) is 9.95. The fraction of sp³-hybridized carbons (Fsp3) is 0.273. The largest absolute Gasteiger partial charge is 0.506 e. The minimum absolute atomic E-state index is 0.110. The molecule has 1 amide bonds. The first-order chi connectivity index (χ1) is 9.45. The van der Waals surface area contributed by atoms with Gasteiger partial charge in [0, 0.05) is 18.1 Å². The first-order valence-corrected chi connectivity index (χ1v) is 7.46. The highest BCUT2D eigenvalue weighted by molar-refractivity contribution is 9.11. The average molecular weight is 427 g/mol. The van der Waals surface area contributed by atoms with Crippen LogP contribution in [0.25, 0.3) is 0 Å². The number of phenolic OH excluding ortho intramolecular Hbond substituents is 1. The Morgan fingerprint density at radius 2 is 2.10 bits per heavy atom. The van der Waals surface area contributed by atoms with Crippen molar-refractivity contribution < 1.29 is 14.6 Å². The molecule has 4 N–H and O–H groups in total. The number of hydrogen-bond acceptors (Lipinski definition) is 4. The summed E-state index contributed by atoms with van der Waals surface area (Å²) in [6.07, 6.45) is 0. The first kappa shape index (κ1) is 17.2. The molecule has 0 unspecified atom stereocenters. The van der Waals surface area contributed by atoms with E-state index in [0.717, 1.165) is 0 Å². The number of carbonyl (C=O) groups is 1. The Morgan fingerprint density at radius 3 is 2.75 bits per heavy atom. The van der Waals surface area contributed by atoms with E-state index in [0.29, 0.717) is 22.1 Å². The van der Waals surface area contributed by atoms with Crippen molar-refractivity contribution >= 4 is 55.1 Å². The van der Waals surface area contributed by atoms with Gasteiger partial charge >= 0.3 is 0 Å². The summed E-state index contributed by atoms with van der Waals surface area (Å²) in [6, 6.07) is 3.13. The summed E-state index contributed by atoms with van der Waals surface area (Å²) in [6.45, 7) is 1.01. The summed E-state index contributed by atoms with van der Waals surface area (Å²) in [7, 11) is 1.58. The molecule has 0 aromatic heterocycles. The lowest BCUT2D eigenvalue weighted by Crippen LogP contribution is -2.47. The SMILES string of the molecule is COCCNC(=S)NNC(=O)c1cc(Br)cc(Br)c1O. The number of amides is 1. The highest BCUT2D eigenvalue weighted by atomic mass is 79.9. The number of nitrogens with one attached hydrogen (secondary N) is 3. The lowest BCUT2D eigenvalue weighted by molar-refractivity contribution is 0.0940. The molecule has 1 aromatic rings. The van der Waals surface area contributed by atoms with Gasteiger partial charge in [0.2, 0.25) is 0 Å². The average Bonchev–Trinajstić information content (AvgIpc) is 2.40. The maximum Gasteiger partial charge on any atom is 0.273 e. The summed E-state index contributed by atoms with van der Waals surface area (Å²) in [5, 5.41) is 12.9. The van der Waals surface area contributed by atoms with E-state index in [-0.39, 0.29) is 16.4 Å². The van der Waals surface area contributed by atoms with Crippen LogP contribution >= 0.6 is 44.1 Å². The quantitative estimate of drug-likeness (QED) is 0.333. The maximum absolute atomic E-state index is 11.9. The second-order valence-corrected chi connectivity index (χ2v) is 5.79. The van der Waals surface area contributed by atoms with Crippen LogP contribution in [0.3, 0.4) is 0 Å². The zero-order chi connectivity index (χ0) is 15.1. The Hall–Kier alpha value is -0.900. The molecule has 0 aliphatic rings. The standard InChI is InChI=1S/C11H13Br2N3O3S/c1-19-3-2-14-11(20)16-15-10(18)7-4-6(12)5-8(13)9(7)17/h4-5,17H,2-3H2,1H3,(H,15,18)(H2,14,16,20). The van der Waals surface area contributed by atoms with Gasteiger partial charge in [-0.15, -0.1) is 0 Å². The molecule has 0 bridgehead atoms. The molecule has 0 aliphatic carbocycles. The van der Waals surface area contributed by atoms with Crippen molar-refractivity contribution in [2.75, 3.05) is 20.3 Å². The second kappa shape index (κ2) is 8.40. The molecule has 0 heterocycles. The van der Waals surface area contributed by atoms with Crippen LogP contribution in [0.2, 0.25) is 0 Å². The summed E-state index contributed by atoms with van der Waals surface area (Å²) in [5.74, 6) is -0.661. The van der Waals surface area contributed by atoms with Gasteiger partial charge in [-0.1, -0.05) is 15.9 Å². The van der Waals surface area contributed by atoms with Gasteiger partial charge in [-0.05, 0) is 40.3 Å². The number of rotatable bonds is 4. The minimum atomic E-state index is -0.514. The summed E-state index contributed by atoms with van der Waals surface area (Å²) in [5.41, 5.74) is 5.02. The molecule has 0 saturated carbocycles. The van der Waals surface area contributed by atoms with E-state index in [4.69, 9.17) is 17.0 Å². The molecule has 0 fully saturated rings. The third-order valence-electron chi connectivity index (χ3n) is 2.15. The molecule has 1 aromatic carbocycles. The van der Waals surface area contributed by atoms with Gasteiger partial charge in [0.1, 0.15) is 5.75 Å². The van der Waals surface area contributed by atoms with Gasteiger partial charge in [-0.25, -0.2) is 0 Å². The fourth-order valence-electron chi connectivity index (χ4n) is 1.23. The van der Waals surface area contributed by atoms with Crippen LogP contribution in [0.1, 0.15) is 10.4 Å². The number of aromatic hydroxyl groups is 1. The topological polar surface area (TPSA) is 82.6 Å². The summed E-state index contributed by atoms with van der Waals surface area (Å²) < 4.78 is 5.92. The third-order valence-corrected chi connectivity index (χ3v) is 3.46. The Labute approximate surface area is 138 Å². The van der Waals surface area contributed by atoms with Gasteiger partial charge in [0.15, 0.2) is 5.11 Å². The first-order valence-electron chi connectivity index (χ1n) is 5.46. The van der Waals surface area contributed by atoms with Gasteiger partial charge in [0.05, 0.1) is 16.6 Å². The molecular formula is C11H13Br2N3O3S. The van der Waals surface area contributed by atoms with Gasteiger partial charge in [0.25, 0.3) is 5.91 Å². The monoisotopic (exact) mass is 425 g/mol. The van der Waals surface area contributed by atoms with Crippen LogP contribution in [0.15, 0.2) is 21.1 Å². The van der Waals surface area contributed by atoms with Crippen molar-refractivity contribution in [3.63, 3.8) is 0 Å². The Bertz CT molecular complexity index is 514. The molecule has 0 spiro atoms. The lowest BCUT2D eigenvalue weighted by atomic mass is 10.2. The number of methoxy groups -OCH3 is 1. The number of phenols is 1. The number of thiocarbonyl (C=S) groups is 1. The van der Waals surface area contributed by atoms with E-state index in [2.05, 4.69) is 48.0 Å². The van der Waals surface area contributed by atoms with Crippen molar-refractivity contribution in [3.8, 4) is 5.75 Å². The minimum Gasteiger partial charge on any atom is -0.506 e. The number of carbonyl (C=O) groups excluding carboxylic acids is 1. The van der Waals surface area contributed by atoms with E-state index in [1.165, 1.54) is 6.07 Å². The highest BCUT2D eigenvalue weighted by Crippen LogP contribution is 2.31. The molecule has 9 heteroatoms. The number of ether oxygens (including phenoxy) is 1. The molecule has 0 radical (unpaired) electrons. The van der Waals surface area contributed by atoms with Crippen molar-refractivity contribution in [3.05, 3.63) is 26.6 Å². The van der Waals surface area contributed by atoms with Gasteiger partial charge < -0.3 is 15.2 Å². The number of halogens is 2. The number of benzene rings is 1. The zero-order valence-corrected chi connectivity index (χ0v) is 14.5. The third kappa shape index (κ3) is 5.23. The van der Waals surface area contributed by atoms with Crippen LogP contribution in [-0.4, -0.2) is 36.4 Å². The highest BCUT2D eigenvalue weighted by Gasteiger charge is 2.14. The van der Waals surface area contributed by atoms with Crippen molar-refractivity contribution in [2.24, 2.45) is 0 Å². The van der Waals surface area contributed by atoms with Crippen molar-refractivity contribution in [1.29, 1.82) is 0 Å². The van der Waals surface area contributed by atoms with E-state index >= 15 is 0 Å². The smallest absolute Gasteiger partial charge is 0.273 e. The lowest BCUT2D eigenvalue weighted by Gasteiger charge is -2.12. The molecule has 0 saturated heterocycles. The maximum atomic E-state index is 11.9. The summed E-state index contributed by atoms with van der Waals surface area (Å²) >= 11 is 11.3. The molecule has 110 valence electrons. The van der Waals surface area contributed by atoms with Gasteiger partial charge in [-0.3, -0.25) is 15.6 Å². The molecule has 0 atom stereocenters. The van der Waals surface area contributed by atoms with Crippen LogP contribution in [-0.2, 0) is 4.74 Å². The van der Waals surface area contributed by atoms with Crippen LogP contribution in [0, 0.1) is 0 Å². The molecule has 1 rings (SSSR count). The van der Waals surface area contributed by atoms with Crippen molar-refractivity contribution in [2.45, 2.75) is 0 Å². The van der Waals surface area contributed by atoms with Crippen LogP contribution in [0.5, 0.6) is 5.75 Å². The van der Waals surface area contributed by atoms with E-state index < -0.39 is 5.91 Å². The predicted octanol–water partition coefficient (Wildman–Crippen LogP) is 1.67. The van der Waals surface area contributed by atoms with Crippen LogP contribution < -0.4 is 16.2 Å². The Kier molecular flexibility index (Phi) is 7.20. The summed E-state index contributed by atoms with van der Waals surface area (Å²) in [4.78, 5) is 11.9. The van der Waals surface area contributed by atoms with Crippen molar-refractivity contribution in [1.82, 2.24) is 16.2 Å². The molecule has 6 nitrogen and oxygen atoms in total.